The number of benzene rings is 1. The standard InChI is InChI=1S/C17H25N3O3/c1-3-4-6-11-14(21)19-12(2)16(22)20-17(23)15(18)13-9-7-5-8-10-13/h5,7-10,12,15H,3-4,6,11,18H2,1-2H3,(H,19,21)(H,20,22,23)/t12-,15-/m0/s1. The summed E-state index contributed by atoms with van der Waals surface area (Å²) in [6.45, 7) is 3.59. The summed E-state index contributed by atoms with van der Waals surface area (Å²) in [7, 11) is 0. The maximum Gasteiger partial charge on any atom is 0.248 e. The van der Waals surface area contributed by atoms with Gasteiger partial charge in [0.1, 0.15) is 12.1 Å². The van der Waals surface area contributed by atoms with Crippen molar-refractivity contribution in [3.05, 3.63) is 35.9 Å². The molecule has 126 valence electrons. The lowest BCUT2D eigenvalue weighted by molar-refractivity contribution is -0.134. The smallest absolute Gasteiger partial charge is 0.248 e. The molecule has 3 amide bonds. The van der Waals surface area contributed by atoms with E-state index >= 15 is 0 Å². The molecule has 0 bridgehead atoms. The van der Waals surface area contributed by atoms with E-state index in [0.717, 1.165) is 19.3 Å². The molecule has 0 aromatic heterocycles. The summed E-state index contributed by atoms with van der Waals surface area (Å²) in [6, 6.07) is 7.08. The largest absolute Gasteiger partial charge is 0.345 e. The highest BCUT2D eigenvalue weighted by atomic mass is 16.2. The molecule has 0 radical (unpaired) electrons. The molecule has 0 unspecified atom stereocenters. The number of hydrogen-bond donors (Lipinski definition) is 3. The van der Waals surface area contributed by atoms with Crippen LogP contribution in [0.15, 0.2) is 30.3 Å². The molecule has 4 N–H and O–H groups in total. The first-order valence-electron chi connectivity index (χ1n) is 7.90. The molecule has 6 nitrogen and oxygen atoms in total. The van der Waals surface area contributed by atoms with Crippen LogP contribution in [0.25, 0.3) is 0 Å². The summed E-state index contributed by atoms with van der Waals surface area (Å²) in [6.07, 6.45) is 3.16. The van der Waals surface area contributed by atoms with Gasteiger partial charge in [0.05, 0.1) is 0 Å². The Morgan fingerprint density at radius 2 is 1.74 bits per heavy atom. The molecule has 0 heterocycles. The number of rotatable bonds is 8. The number of carbonyl (C=O) groups is 3. The van der Waals surface area contributed by atoms with Crippen molar-refractivity contribution in [1.29, 1.82) is 0 Å². The van der Waals surface area contributed by atoms with Gasteiger partial charge >= 0.3 is 0 Å². The van der Waals surface area contributed by atoms with Crippen LogP contribution in [0, 0.1) is 0 Å². The molecule has 1 aromatic carbocycles. The van der Waals surface area contributed by atoms with Gasteiger partial charge in [-0.15, -0.1) is 0 Å². The maximum atomic E-state index is 12.0. The molecule has 0 aliphatic rings. The summed E-state index contributed by atoms with van der Waals surface area (Å²) in [5, 5.41) is 4.81. The van der Waals surface area contributed by atoms with Crippen LogP contribution in [0.2, 0.25) is 0 Å². The van der Waals surface area contributed by atoms with Gasteiger partial charge in [0.15, 0.2) is 0 Å². The van der Waals surface area contributed by atoms with E-state index in [1.807, 2.05) is 6.07 Å². The van der Waals surface area contributed by atoms with Crippen molar-refractivity contribution in [1.82, 2.24) is 10.6 Å². The maximum absolute atomic E-state index is 12.0. The second kappa shape index (κ2) is 9.74. The fraction of sp³-hybridized carbons (Fsp3) is 0.471. The highest BCUT2D eigenvalue weighted by Gasteiger charge is 2.22. The SMILES string of the molecule is CCCCCC(=O)N[C@@H](C)C(=O)NC(=O)[C@@H](N)c1ccccc1. The second-order valence-corrected chi connectivity index (χ2v) is 5.49. The molecule has 2 atom stereocenters. The van der Waals surface area contributed by atoms with Gasteiger partial charge in [-0.05, 0) is 18.9 Å². The number of unbranched alkanes of at least 4 members (excludes halogenated alkanes) is 2. The molecule has 1 aromatic rings. The van der Waals surface area contributed by atoms with Gasteiger partial charge in [0.25, 0.3) is 0 Å². The lowest BCUT2D eigenvalue weighted by Crippen LogP contribution is -2.48. The number of carbonyl (C=O) groups excluding carboxylic acids is 3. The number of nitrogens with two attached hydrogens (primary N) is 1. The highest BCUT2D eigenvalue weighted by molar-refractivity contribution is 6.01. The van der Waals surface area contributed by atoms with Gasteiger partial charge in [-0.1, -0.05) is 50.1 Å². The molecule has 0 saturated carbocycles. The highest BCUT2D eigenvalue weighted by Crippen LogP contribution is 2.09. The first-order valence-corrected chi connectivity index (χ1v) is 7.90. The van der Waals surface area contributed by atoms with Gasteiger partial charge in [-0.3, -0.25) is 19.7 Å². The van der Waals surface area contributed by atoms with Crippen LogP contribution >= 0.6 is 0 Å². The Kier molecular flexibility index (Phi) is 7.97. The lowest BCUT2D eigenvalue weighted by Gasteiger charge is -2.16. The van der Waals surface area contributed by atoms with Crippen LogP contribution in [0.3, 0.4) is 0 Å². The average molecular weight is 319 g/mol. The Hall–Kier alpha value is -2.21. The Morgan fingerprint density at radius 3 is 2.35 bits per heavy atom. The molecule has 6 heteroatoms. The minimum atomic E-state index is -0.924. The number of nitrogens with one attached hydrogen (secondary N) is 2. The van der Waals surface area contributed by atoms with E-state index < -0.39 is 23.9 Å². The summed E-state index contributed by atoms with van der Waals surface area (Å²) >= 11 is 0. The molecule has 23 heavy (non-hydrogen) atoms. The van der Waals surface area contributed by atoms with Crippen LogP contribution in [0.1, 0.15) is 51.1 Å². The number of imide groups is 1. The van der Waals surface area contributed by atoms with E-state index in [0.29, 0.717) is 12.0 Å². The van der Waals surface area contributed by atoms with Crippen LogP contribution in [0.4, 0.5) is 0 Å². The van der Waals surface area contributed by atoms with Crippen molar-refractivity contribution in [2.75, 3.05) is 0 Å². The fourth-order valence-corrected chi connectivity index (χ4v) is 2.03. The third kappa shape index (κ3) is 6.61. The first-order chi connectivity index (χ1) is 11.0. The molecular formula is C17H25N3O3. The van der Waals surface area contributed by atoms with Gasteiger partial charge in [0.2, 0.25) is 17.7 Å². The van der Waals surface area contributed by atoms with E-state index in [1.165, 1.54) is 6.92 Å². The first kappa shape index (κ1) is 18.8. The molecule has 0 spiro atoms. The molecule has 0 fully saturated rings. The zero-order valence-corrected chi connectivity index (χ0v) is 13.7. The average Bonchev–Trinajstić information content (AvgIpc) is 2.55. The Balaban J connectivity index is 2.45. The predicted molar refractivity (Wildman–Crippen MR) is 88.3 cm³/mol. The third-order valence-electron chi connectivity index (χ3n) is 3.47. The molecule has 0 aliphatic heterocycles. The number of hydrogen-bond acceptors (Lipinski definition) is 4. The third-order valence-corrected chi connectivity index (χ3v) is 3.47. The zero-order chi connectivity index (χ0) is 17.2. The minimum absolute atomic E-state index is 0.194. The number of amides is 3. The summed E-state index contributed by atoms with van der Waals surface area (Å²) in [4.78, 5) is 35.6. The van der Waals surface area contributed by atoms with Crippen LogP contribution in [-0.4, -0.2) is 23.8 Å². The van der Waals surface area contributed by atoms with Crippen molar-refractivity contribution in [3.63, 3.8) is 0 Å². The fourth-order valence-electron chi connectivity index (χ4n) is 2.03. The predicted octanol–water partition coefficient (Wildman–Crippen LogP) is 1.41. The van der Waals surface area contributed by atoms with Crippen LogP contribution in [-0.2, 0) is 14.4 Å². The van der Waals surface area contributed by atoms with Crippen molar-refractivity contribution < 1.29 is 14.4 Å². The monoisotopic (exact) mass is 319 g/mol. The van der Waals surface area contributed by atoms with Crippen LogP contribution < -0.4 is 16.4 Å². The van der Waals surface area contributed by atoms with E-state index in [1.54, 1.807) is 24.3 Å². The van der Waals surface area contributed by atoms with Gasteiger partial charge in [-0.25, -0.2) is 0 Å². The summed E-state index contributed by atoms with van der Waals surface area (Å²) in [5.41, 5.74) is 6.44. The Morgan fingerprint density at radius 1 is 1.09 bits per heavy atom. The lowest BCUT2D eigenvalue weighted by atomic mass is 10.1. The summed E-state index contributed by atoms with van der Waals surface area (Å²) < 4.78 is 0. The normalized spacial score (nSPS) is 13.0. The van der Waals surface area contributed by atoms with E-state index in [-0.39, 0.29) is 5.91 Å². The van der Waals surface area contributed by atoms with Crippen molar-refractivity contribution >= 4 is 17.7 Å². The van der Waals surface area contributed by atoms with Gasteiger partial charge in [-0.2, -0.15) is 0 Å². The van der Waals surface area contributed by atoms with Crippen molar-refractivity contribution in [2.45, 2.75) is 51.6 Å². The quantitative estimate of drug-likeness (QED) is 0.631. The van der Waals surface area contributed by atoms with E-state index in [4.69, 9.17) is 5.73 Å². The van der Waals surface area contributed by atoms with E-state index in [2.05, 4.69) is 17.6 Å². The van der Waals surface area contributed by atoms with Crippen LogP contribution in [0.5, 0.6) is 0 Å². The molecule has 0 saturated heterocycles. The second-order valence-electron chi connectivity index (χ2n) is 5.49. The Labute approximate surface area is 136 Å². The summed E-state index contributed by atoms with van der Waals surface area (Å²) in [5.74, 6) is -1.35. The zero-order valence-electron chi connectivity index (χ0n) is 13.7. The molecular weight excluding hydrogens is 294 g/mol. The van der Waals surface area contributed by atoms with E-state index in [9.17, 15) is 14.4 Å². The van der Waals surface area contributed by atoms with Gasteiger partial charge in [0, 0.05) is 6.42 Å². The topological polar surface area (TPSA) is 101 Å². The van der Waals surface area contributed by atoms with Crippen molar-refractivity contribution in [2.24, 2.45) is 5.73 Å². The Bertz CT molecular complexity index is 531. The minimum Gasteiger partial charge on any atom is -0.345 e. The molecule has 1 rings (SSSR count). The molecule has 0 aliphatic carbocycles. The van der Waals surface area contributed by atoms with Crippen molar-refractivity contribution in [3.8, 4) is 0 Å². The van der Waals surface area contributed by atoms with Gasteiger partial charge < -0.3 is 11.1 Å².